The Hall–Kier alpha value is -3.47. The predicted molar refractivity (Wildman–Crippen MR) is 101 cm³/mol. The van der Waals surface area contributed by atoms with Gasteiger partial charge in [0.15, 0.2) is 0 Å². The van der Waals surface area contributed by atoms with Crippen LogP contribution >= 0.6 is 0 Å². The predicted octanol–water partition coefficient (Wildman–Crippen LogP) is 3.57. The first-order valence-corrected chi connectivity index (χ1v) is 8.28. The standard InChI is InChI=1S/C21H19N3O2/c1-15-6-5-9-18(12-15)24-20(25)17-10-11-22-19(13-17)21(26)23-14-16-7-3-2-4-8-16/h2-13H,14H2,1H3,(H,23,26)(H,24,25). The molecule has 0 bridgehead atoms. The summed E-state index contributed by atoms with van der Waals surface area (Å²) in [6, 6.07) is 20.2. The molecule has 0 aliphatic rings. The molecule has 5 heteroatoms. The van der Waals surface area contributed by atoms with Crippen LogP contribution in [0.3, 0.4) is 0 Å². The summed E-state index contributed by atoms with van der Waals surface area (Å²) in [6.07, 6.45) is 1.46. The van der Waals surface area contributed by atoms with Crippen LogP contribution in [0, 0.1) is 6.92 Å². The van der Waals surface area contributed by atoms with Crippen molar-refractivity contribution in [2.45, 2.75) is 13.5 Å². The van der Waals surface area contributed by atoms with Crippen molar-refractivity contribution in [2.75, 3.05) is 5.32 Å². The van der Waals surface area contributed by atoms with Crippen molar-refractivity contribution in [3.05, 3.63) is 95.3 Å². The SMILES string of the molecule is Cc1cccc(NC(=O)c2ccnc(C(=O)NCc3ccccc3)c2)c1. The van der Waals surface area contributed by atoms with E-state index < -0.39 is 0 Å². The van der Waals surface area contributed by atoms with Crippen molar-refractivity contribution in [3.8, 4) is 0 Å². The van der Waals surface area contributed by atoms with E-state index in [2.05, 4.69) is 15.6 Å². The van der Waals surface area contributed by atoms with E-state index in [4.69, 9.17) is 0 Å². The first kappa shape index (κ1) is 17.4. The largest absolute Gasteiger partial charge is 0.347 e. The van der Waals surface area contributed by atoms with E-state index in [0.717, 1.165) is 11.1 Å². The van der Waals surface area contributed by atoms with Gasteiger partial charge in [-0.25, -0.2) is 0 Å². The maximum atomic E-state index is 12.4. The number of amides is 2. The van der Waals surface area contributed by atoms with Crippen LogP contribution in [0.1, 0.15) is 32.0 Å². The van der Waals surface area contributed by atoms with Crippen molar-refractivity contribution in [1.82, 2.24) is 10.3 Å². The van der Waals surface area contributed by atoms with E-state index in [-0.39, 0.29) is 17.5 Å². The zero-order chi connectivity index (χ0) is 18.4. The van der Waals surface area contributed by atoms with Gasteiger partial charge in [-0.15, -0.1) is 0 Å². The molecule has 1 aromatic heterocycles. The summed E-state index contributed by atoms with van der Waals surface area (Å²) in [5.74, 6) is -0.603. The Labute approximate surface area is 152 Å². The minimum atomic E-state index is -0.320. The molecule has 1 heterocycles. The number of carbonyl (C=O) groups excluding carboxylic acids is 2. The Morgan fingerprint density at radius 3 is 2.50 bits per heavy atom. The Morgan fingerprint density at radius 2 is 1.73 bits per heavy atom. The van der Waals surface area contributed by atoms with E-state index in [1.807, 2.05) is 61.5 Å². The van der Waals surface area contributed by atoms with E-state index in [1.165, 1.54) is 12.3 Å². The zero-order valence-electron chi connectivity index (χ0n) is 14.4. The van der Waals surface area contributed by atoms with Crippen LogP contribution < -0.4 is 10.6 Å². The van der Waals surface area contributed by atoms with Crippen LogP contribution in [0.15, 0.2) is 72.9 Å². The third-order valence-corrected chi connectivity index (χ3v) is 3.83. The molecule has 0 atom stereocenters. The van der Waals surface area contributed by atoms with E-state index in [1.54, 1.807) is 6.07 Å². The number of aromatic nitrogens is 1. The number of carbonyl (C=O) groups is 2. The van der Waals surface area contributed by atoms with Gasteiger partial charge in [0, 0.05) is 24.0 Å². The lowest BCUT2D eigenvalue weighted by Gasteiger charge is -2.08. The average Bonchev–Trinajstić information content (AvgIpc) is 2.67. The summed E-state index contributed by atoms with van der Waals surface area (Å²) in [5.41, 5.74) is 3.35. The number of pyridine rings is 1. The fourth-order valence-electron chi connectivity index (χ4n) is 2.49. The Bertz CT molecular complexity index is 923. The van der Waals surface area contributed by atoms with Gasteiger partial charge in [-0.2, -0.15) is 0 Å². The molecule has 2 aromatic carbocycles. The van der Waals surface area contributed by atoms with Crippen LogP contribution in [-0.4, -0.2) is 16.8 Å². The molecule has 0 radical (unpaired) electrons. The van der Waals surface area contributed by atoms with Gasteiger partial charge in [0.1, 0.15) is 5.69 Å². The second kappa shape index (κ2) is 8.07. The van der Waals surface area contributed by atoms with Crippen molar-refractivity contribution in [1.29, 1.82) is 0 Å². The normalized spacial score (nSPS) is 10.2. The molecular formula is C21H19N3O2. The lowest BCUT2D eigenvalue weighted by atomic mass is 10.1. The quantitative estimate of drug-likeness (QED) is 0.742. The summed E-state index contributed by atoms with van der Waals surface area (Å²) < 4.78 is 0. The molecule has 3 aromatic rings. The number of nitrogens with zero attached hydrogens (tertiary/aromatic N) is 1. The lowest BCUT2D eigenvalue weighted by molar-refractivity contribution is 0.0946. The van der Waals surface area contributed by atoms with Crippen molar-refractivity contribution in [2.24, 2.45) is 0 Å². The van der Waals surface area contributed by atoms with Crippen molar-refractivity contribution in [3.63, 3.8) is 0 Å². The summed E-state index contributed by atoms with van der Waals surface area (Å²) >= 11 is 0. The topological polar surface area (TPSA) is 71.1 Å². The van der Waals surface area contributed by atoms with E-state index in [0.29, 0.717) is 17.8 Å². The molecule has 2 amide bonds. The monoisotopic (exact) mass is 345 g/mol. The Morgan fingerprint density at radius 1 is 0.923 bits per heavy atom. The molecule has 5 nitrogen and oxygen atoms in total. The highest BCUT2D eigenvalue weighted by Gasteiger charge is 2.12. The van der Waals surface area contributed by atoms with Gasteiger partial charge in [0.25, 0.3) is 11.8 Å². The molecule has 0 aliphatic heterocycles. The molecule has 2 N–H and O–H groups in total. The number of nitrogens with one attached hydrogen (secondary N) is 2. The van der Waals surface area contributed by atoms with Crippen molar-refractivity contribution >= 4 is 17.5 Å². The maximum absolute atomic E-state index is 12.4. The van der Waals surface area contributed by atoms with Gasteiger partial charge in [-0.05, 0) is 42.3 Å². The van der Waals surface area contributed by atoms with Gasteiger partial charge >= 0.3 is 0 Å². The number of rotatable bonds is 5. The molecule has 0 fully saturated rings. The fraction of sp³-hybridized carbons (Fsp3) is 0.0952. The van der Waals surface area contributed by atoms with Crippen LogP contribution in [0.2, 0.25) is 0 Å². The minimum Gasteiger partial charge on any atom is -0.347 e. The van der Waals surface area contributed by atoms with E-state index in [9.17, 15) is 9.59 Å². The first-order chi connectivity index (χ1) is 12.6. The Kier molecular flexibility index (Phi) is 5.39. The second-order valence-electron chi connectivity index (χ2n) is 5.92. The summed E-state index contributed by atoms with van der Waals surface area (Å²) in [7, 11) is 0. The molecule has 0 saturated carbocycles. The second-order valence-corrected chi connectivity index (χ2v) is 5.92. The summed E-state index contributed by atoms with van der Waals surface area (Å²) in [6.45, 7) is 2.36. The van der Waals surface area contributed by atoms with Gasteiger partial charge in [0.05, 0.1) is 0 Å². The maximum Gasteiger partial charge on any atom is 0.270 e. The molecule has 26 heavy (non-hydrogen) atoms. The average molecular weight is 345 g/mol. The van der Waals surface area contributed by atoms with Gasteiger partial charge in [-0.1, -0.05) is 42.5 Å². The summed E-state index contributed by atoms with van der Waals surface area (Å²) in [5, 5.41) is 5.63. The number of anilines is 1. The molecule has 0 aliphatic carbocycles. The highest BCUT2D eigenvalue weighted by Crippen LogP contribution is 2.12. The molecule has 0 saturated heterocycles. The highest BCUT2D eigenvalue weighted by atomic mass is 16.2. The third-order valence-electron chi connectivity index (χ3n) is 3.83. The van der Waals surface area contributed by atoms with Gasteiger partial charge in [-0.3, -0.25) is 14.6 Å². The van der Waals surface area contributed by atoms with Crippen LogP contribution in [0.25, 0.3) is 0 Å². The number of aryl methyl sites for hydroxylation is 1. The molecule has 0 spiro atoms. The first-order valence-electron chi connectivity index (χ1n) is 8.28. The number of hydrogen-bond acceptors (Lipinski definition) is 3. The van der Waals surface area contributed by atoms with Crippen LogP contribution in [0.5, 0.6) is 0 Å². The Balaban J connectivity index is 1.67. The lowest BCUT2D eigenvalue weighted by Crippen LogP contribution is -2.24. The third kappa shape index (κ3) is 4.54. The fourth-order valence-corrected chi connectivity index (χ4v) is 2.49. The number of hydrogen-bond donors (Lipinski definition) is 2. The van der Waals surface area contributed by atoms with Crippen molar-refractivity contribution < 1.29 is 9.59 Å². The van der Waals surface area contributed by atoms with E-state index >= 15 is 0 Å². The highest BCUT2D eigenvalue weighted by molar-refractivity contribution is 6.05. The van der Waals surface area contributed by atoms with Gasteiger partial charge in [0.2, 0.25) is 0 Å². The molecule has 130 valence electrons. The molecular weight excluding hydrogens is 326 g/mol. The molecule has 0 unspecified atom stereocenters. The van der Waals surface area contributed by atoms with Gasteiger partial charge < -0.3 is 10.6 Å². The van der Waals surface area contributed by atoms with Crippen LogP contribution in [0.4, 0.5) is 5.69 Å². The number of benzene rings is 2. The zero-order valence-corrected chi connectivity index (χ0v) is 14.4. The molecule has 3 rings (SSSR count). The van der Waals surface area contributed by atoms with Crippen LogP contribution in [-0.2, 0) is 6.54 Å². The summed E-state index contributed by atoms with van der Waals surface area (Å²) in [4.78, 5) is 28.8. The minimum absolute atomic E-state index is 0.206. The smallest absolute Gasteiger partial charge is 0.270 e.